The van der Waals surface area contributed by atoms with Gasteiger partial charge in [0.25, 0.3) is 0 Å². The molecule has 0 aromatic carbocycles. The van der Waals surface area contributed by atoms with Gasteiger partial charge in [-0.2, -0.15) is 0 Å². The largest absolute Gasteiger partial charge is 0.472 e. The zero-order chi connectivity index (χ0) is 90.0. The van der Waals surface area contributed by atoms with Crippen LogP contribution in [0.25, 0.3) is 0 Å². The maximum absolute atomic E-state index is 14.1. The molecule has 9 amide bonds. The number of hydrogen-bond donors (Lipinski definition) is 19. The highest BCUT2D eigenvalue weighted by atomic mass is 31.2. The number of phosphoric ester groups is 2. The van der Waals surface area contributed by atoms with Crippen molar-refractivity contribution in [2.75, 3.05) is 92.1 Å². The number of carbonyl (C=O) groups excluding carboxylic acids is 9. The second kappa shape index (κ2) is 53.1. The molecule has 0 aromatic heterocycles. The minimum Gasteiger partial charge on any atom is -0.394 e. The van der Waals surface area contributed by atoms with Gasteiger partial charge in [-0.05, 0) is 104 Å². The quantitative estimate of drug-likeness (QED) is 0.0215. The summed E-state index contributed by atoms with van der Waals surface area (Å²) in [4.78, 5) is 152. The number of aliphatic hydroxyl groups is 10. The predicted molar refractivity (Wildman–Crippen MR) is 424 cm³/mol. The van der Waals surface area contributed by atoms with Gasteiger partial charge in [0.1, 0.15) is 78.8 Å². The summed E-state index contributed by atoms with van der Waals surface area (Å²) < 4.78 is 103. The number of amides is 9. The maximum atomic E-state index is 14.1. The topological polar surface area (TPSA) is 651 Å². The lowest BCUT2D eigenvalue weighted by atomic mass is 9.97. The number of ether oxygens (including phenoxy) is 6. The molecule has 6 aliphatic rings. The van der Waals surface area contributed by atoms with Crippen molar-refractivity contribution in [2.45, 2.75) is 323 Å². The average molecular weight is 1820 g/mol. The van der Waals surface area contributed by atoms with Crippen molar-refractivity contribution in [3.8, 4) is 0 Å². The summed E-state index contributed by atoms with van der Waals surface area (Å²) in [5, 5.41) is 117. The first kappa shape index (κ1) is 106. The van der Waals surface area contributed by atoms with Crippen molar-refractivity contribution in [1.29, 1.82) is 0 Å². The Morgan fingerprint density at radius 2 is 0.730 bits per heavy atom. The molecule has 0 radical (unpaired) electrons. The van der Waals surface area contributed by atoms with Crippen molar-refractivity contribution in [3.05, 3.63) is 0 Å². The summed E-state index contributed by atoms with van der Waals surface area (Å²) in [6, 6.07) is -5.34. The molecule has 18 unspecified atom stereocenters. The Bertz CT molecular complexity index is 3420. The number of likely N-dealkylation sites (tertiary alicyclic amines) is 3. The van der Waals surface area contributed by atoms with Crippen LogP contribution in [0.1, 0.15) is 189 Å². The SMILES string of the molecule is CC(=O)NC1C(OCCCCC(=O)NCCCCCC(=O)N2C[C@H](O)C[C@H]2COP(=O)(O)O[C@@H]2C[C@@H](COP(=O)(O)O[C@@H]3C[C@@H](P(=O)(O)OC(C)C)N(C(=O)CCCCCNC(=O)CCCCOC4OC(CO)C(O)C(O)C4NC(C)=O)C3)N(C(=O)CCCCCNC(=O)CCCCOC3OC(CO)C(O)C(O)C3NC(C)=O)C2)OC(CO)C(O)C1O. The molecule has 122 heavy (non-hydrogen) atoms. The van der Waals surface area contributed by atoms with Gasteiger partial charge in [0.15, 0.2) is 18.9 Å². The minimum absolute atomic E-state index is 0.0176. The van der Waals surface area contributed by atoms with Gasteiger partial charge in [0.05, 0.1) is 69.5 Å². The van der Waals surface area contributed by atoms with Gasteiger partial charge in [0.2, 0.25) is 53.2 Å². The molecule has 0 aliphatic carbocycles. The summed E-state index contributed by atoms with van der Waals surface area (Å²) >= 11 is 0. The fourth-order valence-electron chi connectivity index (χ4n) is 15.1. The first-order valence-electron chi connectivity index (χ1n) is 42.0. The van der Waals surface area contributed by atoms with E-state index in [9.17, 15) is 123 Å². The summed E-state index contributed by atoms with van der Waals surface area (Å²) in [5.41, 5.74) is 0. The molecule has 45 nitrogen and oxygen atoms in total. The molecule has 6 aliphatic heterocycles. The molecule has 704 valence electrons. The van der Waals surface area contributed by atoms with Crippen LogP contribution in [-0.2, 0) is 108 Å². The second-order valence-electron chi connectivity index (χ2n) is 31.8. The lowest BCUT2D eigenvalue weighted by Gasteiger charge is -2.42. The Balaban J connectivity index is 0.968. The van der Waals surface area contributed by atoms with Crippen molar-refractivity contribution >= 4 is 76.4 Å². The number of nitrogens with zero attached hydrogens (tertiary/aromatic N) is 3. The number of carbonyl (C=O) groups is 9. The third-order valence-corrected chi connectivity index (χ3v) is 25.3. The Morgan fingerprint density at radius 3 is 1.07 bits per heavy atom. The van der Waals surface area contributed by atoms with Crippen LogP contribution in [0.5, 0.6) is 0 Å². The zero-order valence-corrected chi connectivity index (χ0v) is 72.6. The van der Waals surface area contributed by atoms with E-state index in [4.69, 9.17) is 51.0 Å². The number of rotatable bonds is 55. The van der Waals surface area contributed by atoms with Crippen LogP contribution in [0.3, 0.4) is 0 Å². The van der Waals surface area contributed by atoms with E-state index in [1.165, 1.54) is 44.4 Å². The van der Waals surface area contributed by atoms with Crippen LogP contribution in [0, 0.1) is 0 Å². The number of β-amino-alcohol motifs (C(OH)–C–C–N with tert-alkyl or cyclic N) is 1. The molecule has 6 fully saturated rings. The summed E-state index contributed by atoms with van der Waals surface area (Å²) in [7, 11) is -15.0. The van der Waals surface area contributed by atoms with Crippen LogP contribution in [-0.4, -0.2) is 360 Å². The minimum atomic E-state index is -5.21. The smallest absolute Gasteiger partial charge is 0.394 e. The van der Waals surface area contributed by atoms with Gasteiger partial charge in [-0.25, -0.2) is 9.13 Å². The molecule has 6 rings (SSSR count). The molecule has 48 heteroatoms. The molecule has 19 N–H and O–H groups in total. The number of hydrogen-bond acceptors (Lipinski definition) is 33. The molecular formula is C74H132N9O36P3. The lowest BCUT2D eigenvalue weighted by molar-refractivity contribution is -0.270. The van der Waals surface area contributed by atoms with E-state index >= 15 is 0 Å². The van der Waals surface area contributed by atoms with E-state index < -0.39 is 233 Å². The van der Waals surface area contributed by atoms with E-state index in [1.54, 1.807) is 0 Å². The van der Waals surface area contributed by atoms with E-state index in [0.717, 1.165) is 4.90 Å². The highest BCUT2D eigenvalue weighted by Crippen LogP contribution is 2.57. The molecule has 0 bridgehead atoms. The van der Waals surface area contributed by atoms with Gasteiger partial charge in [-0.1, -0.05) is 19.3 Å². The molecule has 0 aromatic rings. The third kappa shape index (κ3) is 35.5. The van der Waals surface area contributed by atoms with E-state index in [2.05, 4.69) is 31.9 Å². The summed E-state index contributed by atoms with van der Waals surface area (Å²) in [6.45, 7) is 3.51. The molecule has 6 saturated heterocycles. The molecule has 6 heterocycles. The van der Waals surface area contributed by atoms with Gasteiger partial charge in [0, 0.05) is 125 Å². The fraction of sp³-hybridized carbons (Fsp3) is 0.878. The predicted octanol–water partition coefficient (Wildman–Crippen LogP) is -2.86. The van der Waals surface area contributed by atoms with E-state index in [0.29, 0.717) is 90.0 Å². The van der Waals surface area contributed by atoms with Crippen molar-refractivity contribution in [3.63, 3.8) is 0 Å². The van der Waals surface area contributed by atoms with Crippen LogP contribution in [0.4, 0.5) is 0 Å². The molecule has 0 spiro atoms. The van der Waals surface area contributed by atoms with Gasteiger partial charge in [-0.3, -0.25) is 65.8 Å². The number of nitrogens with one attached hydrogen (secondary N) is 6. The lowest BCUT2D eigenvalue weighted by Crippen LogP contribution is -2.64. The monoisotopic (exact) mass is 1820 g/mol. The standard InChI is InChI=1S/C74H132N9O36P3/c1-44(2)117-120(103,104)62-35-52(38-83(62)61(96)26-11-8-17-29-77-58(93)23-14-20-32-111-74-65(80-47(5)89)71(102)68(99)55(41-86)116-74)119-122(107,108)113-43-49-34-51(37-82(49)60(95)25-10-7-16-28-76-57(92)22-13-19-31-110-73-64(79-46(4)88)70(101)67(98)54(40-85)115-73)118-121(105,106)112-42-48-33-50(90)36-81(48)59(94)24-9-6-15-27-75-56(91)21-12-18-30-109-72-63(78-45(3)87)69(100)66(97)53(39-84)114-72/h44,48-55,62-74,84-86,90,97-102H,6-43H2,1-5H3,(H,75,91)(H,76,92)(H,77,93)(H,78,87)(H,79,88)(H,80,89)(H,103,104)(H,105,106)(H,107,108)/t48-,49-,50+,51+,52+,53?,54?,55?,62+,63?,64?,65?,66?,67?,68?,69?,70?,71?,72?,73?,74?/m0/s1. The highest BCUT2D eigenvalue weighted by Gasteiger charge is 2.52. The Hall–Kier alpha value is -5.04. The second-order valence-corrected chi connectivity index (χ2v) is 36.5. The summed E-state index contributed by atoms with van der Waals surface area (Å²) in [6.07, 6.45) is -15.1. The van der Waals surface area contributed by atoms with Gasteiger partial charge < -0.3 is 145 Å². The highest BCUT2D eigenvalue weighted by molar-refractivity contribution is 7.53. The first-order valence-corrected chi connectivity index (χ1v) is 46.6. The number of unbranched alkanes of at least 4 members (excludes halogenated alkanes) is 9. The van der Waals surface area contributed by atoms with Gasteiger partial charge >= 0.3 is 23.2 Å². The Morgan fingerprint density at radius 1 is 0.410 bits per heavy atom. The van der Waals surface area contributed by atoms with Crippen molar-refractivity contribution < 1.29 is 174 Å². The van der Waals surface area contributed by atoms with Gasteiger partial charge in [-0.15, -0.1) is 0 Å². The zero-order valence-electron chi connectivity index (χ0n) is 70.0. The molecule has 0 saturated carbocycles. The Kier molecular flexibility index (Phi) is 46.0. The summed E-state index contributed by atoms with van der Waals surface area (Å²) in [5.74, 6) is -5.39. The number of aliphatic hydroxyl groups excluding tert-OH is 10. The first-order chi connectivity index (χ1) is 57.8. The van der Waals surface area contributed by atoms with Crippen LogP contribution >= 0.6 is 23.2 Å². The van der Waals surface area contributed by atoms with Crippen LogP contribution in [0.2, 0.25) is 0 Å². The fourth-order valence-corrected chi connectivity index (χ4v) is 18.8. The maximum Gasteiger partial charge on any atom is 0.472 e. The van der Waals surface area contributed by atoms with E-state index in [1.807, 2.05) is 0 Å². The Labute approximate surface area is 709 Å². The molecular weight excluding hydrogens is 1680 g/mol. The van der Waals surface area contributed by atoms with Crippen LogP contribution in [0.15, 0.2) is 0 Å². The van der Waals surface area contributed by atoms with Crippen LogP contribution < -0.4 is 31.9 Å². The number of phosphoric acid groups is 2. The van der Waals surface area contributed by atoms with Crippen molar-refractivity contribution in [2.24, 2.45) is 0 Å². The average Bonchev–Trinajstić information content (AvgIpc) is 1.74. The van der Waals surface area contributed by atoms with Crippen molar-refractivity contribution in [1.82, 2.24) is 46.6 Å². The molecule has 24 atom stereocenters. The third-order valence-electron chi connectivity index (χ3n) is 21.3. The normalized spacial score (nSPS) is 30.1. The van der Waals surface area contributed by atoms with E-state index in [-0.39, 0.29) is 134 Å².